The Morgan fingerprint density at radius 3 is 2.55 bits per heavy atom. The SMILES string of the molecule is CC(C)Cc1c(C(Cl)(Cl)Cl)nnn1C(=O)n1ccnn1. The summed E-state index contributed by atoms with van der Waals surface area (Å²) in [5, 5.41) is 14.8. The normalized spacial score (nSPS) is 12.1. The van der Waals surface area contributed by atoms with Crippen molar-refractivity contribution in [3.05, 3.63) is 23.8 Å². The molecule has 0 atom stereocenters. The van der Waals surface area contributed by atoms with Crippen molar-refractivity contribution in [2.75, 3.05) is 0 Å². The molecule has 0 N–H and O–H groups in total. The zero-order valence-electron chi connectivity index (χ0n) is 10.7. The number of hydrogen-bond acceptors (Lipinski definition) is 5. The number of alkyl halides is 3. The van der Waals surface area contributed by atoms with Crippen LogP contribution >= 0.6 is 34.8 Å². The van der Waals surface area contributed by atoms with Gasteiger partial charge in [0.05, 0.1) is 18.1 Å². The molecule has 0 spiro atoms. The molecular weight excluding hydrogens is 327 g/mol. The van der Waals surface area contributed by atoms with Crippen LogP contribution in [-0.2, 0) is 10.2 Å². The van der Waals surface area contributed by atoms with Gasteiger partial charge in [-0.15, -0.1) is 10.2 Å². The predicted molar refractivity (Wildman–Crippen MR) is 74.0 cm³/mol. The van der Waals surface area contributed by atoms with Gasteiger partial charge < -0.3 is 0 Å². The van der Waals surface area contributed by atoms with E-state index in [9.17, 15) is 4.79 Å². The minimum atomic E-state index is -1.74. The molecule has 20 heavy (non-hydrogen) atoms. The second-order valence-corrected chi connectivity index (χ2v) is 6.80. The van der Waals surface area contributed by atoms with Crippen molar-refractivity contribution in [1.82, 2.24) is 30.0 Å². The highest BCUT2D eigenvalue weighted by molar-refractivity contribution is 6.66. The van der Waals surface area contributed by atoms with E-state index in [1.54, 1.807) is 0 Å². The monoisotopic (exact) mass is 336 g/mol. The van der Waals surface area contributed by atoms with Crippen molar-refractivity contribution in [2.24, 2.45) is 5.92 Å². The Kier molecular flexibility index (Phi) is 4.31. The highest BCUT2D eigenvalue weighted by Gasteiger charge is 2.33. The van der Waals surface area contributed by atoms with Gasteiger partial charge in [-0.2, -0.15) is 9.36 Å². The van der Waals surface area contributed by atoms with Crippen molar-refractivity contribution in [2.45, 2.75) is 24.1 Å². The summed E-state index contributed by atoms with van der Waals surface area (Å²) >= 11 is 17.6. The summed E-state index contributed by atoms with van der Waals surface area (Å²) in [5.74, 6) is 0.224. The van der Waals surface area contributed by atoms with Crippen LogP contribution in [0.4, 0.5) is 4.79 Å². The Bertz CT molecular complexity index is 601. The lowest BCUT2D eigenvalue weighted by Crippen LogP contribution is -2.24. The first-order chi connectivity index (χ1) is 9.30. The molecule has 0 fully saturated rings. The van der Waals surface area contributed by atoms with E-state index in [0.29, 0.717) is 12.1 Å². The molecule has 0 amide bonds. The predicted octanol–water partition coefficient (Wildman–Crippen LogP) is 2.41. The number of carbonyl (C=O) groups is 1. The Labute approximate surface area is 129 Å². The lowest BCUT2D eigenvalue weighted by molar-refractivity contribution is 0.236. The molecule has 10 heteroatoms. The first-order valence-electron chi connectivity index (χ1n) is 5.73. The van der Waals surface area contributed by atoms with Gasteiger partial charge in [-0.25, -0.2) is 4.79 Å². The summed E-state index contributed by atoms with van der Waals surface area (Å²) in [6, 6.07) is -0.536. The maximum atomic E-state index is 12.2. The van der Waals surface area contributed by atoms with Crippen LogP contribution in [0.1, 0.15) is 25.2 Å². The van der Waals surface area contributed by atoms with Gasteiger partial charge in [-0.05, 0) is 12.3 Å². The average molecular weight is 338 g/mol. The number of aromatic nitrogens is 6. The maximum absolute atomic E-state index is 12.2. The third kappa shape index (κ3) is 3.11. The quantitative estimate of drug-likeness (QED) is 0.786. The molecule has 0 bridgehead atoms. The molecular formula is C10H11Cl3N6O. The van der Waals surface area contributed by atoms with Crippen LogP contribution in [0.3, 0.4) is 0 Å². The Morgan fingerprint density at radius 1 is 1.35 bits per heavy atom. The molecule has 0 unspecified atom stereocenters. The van der Waals surface area contributed by atoms with E-state index in [1.165, 1.54) is 12.4 Å². The second-order valence-electron chi connectivity index (χ2n) is 4.52. The molecule has 0 aliphatic heterocycles. The second kappa shape index (κ2) is 5.67. The van der Waals surface area contributed by atoms with Gasteiger partial charge >= 0.3 is 6.03 Å². The van der Waals surface area contributed by atoms with Crippen molar-refractivity contribution < 1.29 is 4.79 Å². The summed E-state index contributed by atoms with van der Waals surface area (Å²) in [5.41, 5.74) is 0.588. The first kappa shape index (κ1) is 15.2. The van der Waals surface area contributed by atoms with Crippen molar-refractivity contribution in [1.29, 1.82) is 0 Å². The largest absolute Gasteiger partial charge is 0.372 e. The van der Waals surface area contributed by atoms with Crippen LogP contribution in [0.25, 0.3) is 0 Å². The van der Waals surface area contributed by atoms with Crippen LogP contribution in [0.15, 0.2) is 12.4 Å². The lowest BCUT2D eigenvalue weighted by atomic mass is 10.1. The molecule has 0 aliphatic rings. The van der Waals surface area contributed by atoms with E-state index in [1.807, 2.05) is 13.8 Å². The van der Waals surface area contributed by atoms with Gasteiger partial charge in [0.25, 0.3) is 0 Å². The first-order valence-corrected chi connectivity index (χ1v) is 6.87. The molecule has 0 aliphatic carbocycles. The maximum Gasteiger partial charge on any atom is 0.372 e. The molecule has 108 valence electrons. The average Bonchev–Trinajstić information content (AvgIpc) is 2.94. The topological polar surface area (TPSA) is 78.5 Å². The van der Waals surface area contributed by atoms with Crippen molar-refractivity contribution in [3.63, 3.8) is 0 Å². The van der Waals surface area contributed by atoms with Gasteiger partial charge in [0.1, 0.15) is 5.69 Å². The molecule has 2 aromatic rings. The molecule has 0 saturated heterocycles. The van der Waals surface area contributed by atoms with Gasteiger partial charge in [-0.1, -0.05) is 59.1 Å². The Hall–Kier alpha value is -1.18. The minimum absolute atomic E-state index is 0.143. The number of nitrogens with zero attached hydrogens (tertiary/aromatic N) is 6. The summed E-state index contributed by atoms with van der Waals surface area (Å²) in [7, 11) is 0. The zero-order chi connectivity index (χ0) is 14.9. The number of carbonyl (C=O) groups excluding carboxylic acids is 1. The van der Waals surface area contributed by atoms with E-state index >= 15 is 0 Å². The van der Waals surface area contributed by atoms with Crippen LogP contribution in [0, 0.1) is 5.92 Å². The molecule has 2 heterocycles. The molecule has 0 aromatic carbocycles. The molecule has 2 aromatic heterocycles. The number of halogens is 3. The van der Waals surface area contributed by atoms with Gasteiger partial charge in [0.15, 0.2) is 0 Å². The van der Waals surface area contributed by atoms with Crippen LogP contribution in [-0.4, -0.2) is 36.0 Å². The van der Waals surface area contributed by atoms with Gasteiger partial charge in [0.2, 0.25) is 3.79 Å². The van der Waals surface area contributed by atoms with E-state index in [4.69, 9.17) is 34.8 Å². The number of rotatable bonds is 2. The summed E-state index contributed by atoms with van der Waals surface area (Å²) in [6.07, 6.45) is 3.27. The van der Waals surface area contributed by atoms with Crippen LogP contribution < -0.4 is 0 Å². The molecule has 0 saturated carbocycles. The fourth-order valence-corrected chi connectivity index (χ4v) is 2.09. The van der Waals surface area contributed by atoms with Gasteiger partial charge in [-0.3, -0.25) is 0 Å². The smallest absolute Gasteiger partial charge is 0.243 e. The minimum Gasteiger partial charge on any atom is -0.243 e. The highest BCUT2D eigenvalue weighted by atomic mass is 35.6. The zero-order valence-corrected chi connectivity index (χ0v) is 12.9. The van der Waals surface area contributed by atoms with E-state index < -0.39 is 9.82 Å². The third-order valence-electron chi connectivity index (χ3n) is 2.43. The number of hydrogen-bond donors (Lipinski definition) is 0. The molecule has 0 radical (unpaired) electrons. The highest BCUT2D eigenvalue weighted by Crippen LogP contribution is 2.39. The van der Waals surface area contributed by atoms with Gasteiger partial charge in [0, 0.05) is 0 Å². The Morgan fingerprint density at radius 2 is 2.05 bits per heavy atom. The third-order valence-corrected chi connectivity index (χ3v) is 2.97. The fourth-order valence-electron chi connectivity index (χ4n) is 1.65. The van der Waals surface area contributed by atoms with Crippen molar-refractivity contribution in [3.8, 4) is 0 Å². The standard InChI is InChI=1S/C10H11Cl3N6O/c1-6(2)5-7-8(10(11,12)13)15-17-19(7)9(20)18-4-3-14-16-18/h3-4,6H,5H2,1-2H3. The summed E-state index contributed by atoms with van der Waals surface area (Å²) < 4.78 is 0.359. The molecule has 2 rings (SSSR count). The van der Waals surface area contributed by atoms with E-state index in [-0.39, 0.29) is 11.6 Å². The van der Waals surface area contributed by atoms with Crippen LogP contribution in [0.5, 0.6) is 0 Å². The van der Waals surface area contributed by atoms with Crippen LogP contribution in [0.2, 0.25) is 0 Å². The Balaban J connectivity index is 2.48. The fraction of sp³-hybridized carbons (Fsp3) is 0.500. The summed E-state index contributed by atoms with van der Waals surface area (Å²) in [6.45, 7) is 3.94. The van der Waals surface area contributed by atoms with E-state index in [2.05, 4.69) is 20.6 Å². The lowest BCUT2D eigenvalue weighted by Gasteiger charge is -2.12. The van der Waals surface area contributed by atoms with Crippen molar-refractivity contribution >= 4 is 40.8 Å². The molecule has 7 nitrogen and oxygen atoms in total. The van der Waals surface area contributed by atoms with E-state index in [0.717, 1.165) is 9.36 Å². The summed E-state index contributed by atoms with van der Waals surface area (Å²) in [4.78, 5) is 12.2.